The molecule has 1 heteroatoms. The molecule has 1 aromatic heterocycles. The van der Waals surface area contributed by atoms with Gasteiger partial charge in [0.05, 0.1) is 0 Å². The van der Waals surface area contributed by atoms with E-state index in [0.717, 1.165) is 21.9 Å². The molecule has 0 bridgehead atoms. The number of rotatable bonds is 3. The molecule has 43 heavy (non-hydrogen) atoms. The van der Waals surface area contributed by atoms with Crippen LogP contribution in [0.5, 0.6) is 0 Å². The zero-order valence-electron chi connectivity index (χ0n) is 23.4. The number of hydrogen-bond donors (Lipinski definition) is 0. The molecule has 0 N–H and O–H groups in total. The highest BCUT2D eigenvalue weighted by Crippen LogP contribution is 2.45. The molecule has 0 unspecified atom stereocenters. The third kappa shape index (κ3) is 3.72. The topological polar surface area (TPSA) is 13.1 Å². The van der Waals surface area contributed by atoms with E-state index < -0.39 is 0 Å². The van der Waals surface area contributed by atoms with Gasteiger partial charge in [0.25, 0.3) is 0 Å². The zero-order valence-corrected chi connectivity index (χ0v) is 23.4. The Morgan fingerprint density at radius 3 is 1.53 bits per heavy atom. The number of furan rings is 1. The molecule has 0 amide bonds. The van der Waals surface area contributed by atoms with Gasteiger partial charge in [-0.3, -0.25) is 0 Å². The lowest BCUT2D eigenvalue weighted by molar-refractivity contribution is 0.669. The van der Waals surface area contributed by atoms with E-state index in [2.05, 4.69) is 146 Å². The summed E-state index contributed by atoms with van der Waals surface area (Å²) in [5, 5.41) is 9.82. The maximum Gasteiger partial charge on any atom is 0.135 e. The number of hydrogen-bond acceptors (Lipinski definition) is 1. The van der Waals surface area contributed by atoms with Crippen LogP contribution in [-0.2, 0) is 0 Å². The van der Waals surface area contributed by atoms with Crippen LogP contribution in [0.15, 0.2) is 162 Å². The smallest absolute Gasteiger partial charge is 0.135 e. The molecular formula is C42H26O. The van der Waals surface area contributed by atoms with Crippen LogP contribution >= 0.6 is 0 Å². The first-order valence-electron chi connectivity index (χ1n) is 14.8. The summed E-state index contributed by atoms with van der Waals surface area (Å²) in [7, 11) is 0. The quantitative estimate of drug-likeness (QED) is 0.201. The monoisotopic (exact) mass is 546 g/mol. The fourth-order valence-electron chi connectivity index (χ4n) is 6.94. The van der Waals surface area contributed by atoms with Gasteiger partial charge in [0.15, 0.2) is 0 Å². The summed E-state index contributed by atoms with van der Waals surface area (Å²) in [5.74, 6) is 0. The normalized spacial score (nSPS) is 11.7. The Balaban J connectivity index is 1.38. The number of benzene rings is 8. The van der Waals surface area contributed by atoms with Gasteiger partial charge in [-0.05, 0) is 96.0 Å². The Bertz CT molecular complexity index is 2440. The Hall–Kier alpha value is -5.66. The van der Waals surface area contributed by atoms with Gasteiger partial charge in [-0.2, -0.15) is 0 Å². The molecule has 0 atom stereocenters. The van der Waals surface area contributed by atoms with Crippen molar-refractivity contribution in [3.05, 3.63) is 158 Å². The molecule has 0 aliphatic heterocycles. The van der Waals surface area contributed by atoms with Crippen molar-refractivity contribution < 1.29 is 4.42 Å². The zero-order chi connectivity index (χ0) is 28.3. The Kier molecular flexibility index (Phi) is 5.27. The minimum absolute atomic E-state index is 0.916. The van der Waals surface area contributed by atoms with Crippen molar-refractivity contribution in [1.82, 2.24) is 0 Å². The Labute approximate surface area is 249 Å². The highest BCUT2D eigenvalue weighted by Gasteiger charge is 2.18. The first kappa shape index (κ1) is 24.0. The molecule has 1 heterocycles. The van der Waals surface area contributed by atoms with Gasteiger partial charge in [0, 0.05) is 10.8 Å². The van der Waals surface area contributed by atoms with Crippen molar-refractivity contribution in [1.29, 1.82) is 0 Å². The summed E-state index contributed by atoms with van der Waals surface area (Å²) in [6.07, 6.45) is 0. The average molecular weight is 547 g/mol. The predicted octanol–water partition coefficient (Wildman–Crippen LogP) is 12.0. The van der Waals surface area contributed by atoms with E-state index in [1.807, 2.05) is 12.1 Å². The molecule has 0 radical (unpaired) electrons. The third-order valence-electron chi connectivity index (χ3n) is 8.83. The maximum atomic E-state index is 6.17. The molecule has 9 aromatic rings. The molecular weight excluding hydrogens is 520 g/mol. The second-order valence-corrected chi connectivity index (χ2v) is 11.3. The molecule has 1 nitrogen and oxygen atoms in total. The second-order valence-electron chi connectivity index (χ2n) is 11.3. The van der Waals surface area contributed by atoms with Gasteiger partial charge in [-0.15, -0.1) is 0 Å². The van der Waals surface area contributed by atoms with E-state index in [9.17, 15) is 0 Å². The maximum absolute atomic E-state index is 6.17. The van der Waals surface area contributed by atoms with Gasteiger partial charge < -0.3 is 4.42 Å². The highest BCUT2D eigenvalue weighted by molar-refractivity contribution is 6.22. The Morgan fingerprint density at radius 1 is 0.302 bits per heavy atom. The minimum atomic E-state index is 0.916. The van der Waals surface area contributed by atoms with E-state index in [1.165, 1.54) is 65.7 Å². The van der Waals surface area contributed by atoms with Crippen molar-refractivity contribution in [3.8, 4) is 33.4 Å². The largest absolute Gasteiger partial charge is 0.456 e. The van der Waals surface area contributed by atoms with E-state index in [0.29, 0.717) is 0 Å². The van der Waals surface area contributed by atoms with Gasteiger partial charge in [0.1, 0.15) is 11.2 Å². The van der Waals surface area contributed by atoms with E-state index in [-0.39, 0.29) is 0 Å². The van der Waals surface area contributed by atoms with Gasteiger partial charge in [-0.1, -0.05) is 127 Å². The number of para-hydroxylation sites is 1. The number of fused-ring (bicyclic) bond motifs is 6. The lowest BCUT2D eigenvalue weighted by atomic mass is 9.84. The molecule has 200 valence electrons. The predicted molar refractivity (Wildman–Crippen MR) is 183 cm³/mol. The third-order valence-corrected chi connectivity index (χ3v) is 8.83. The van der Waals surface area contributed by atoms with Gasteiger partial charge in [0.2, 0.25) is 0 Å². The fraction of sp³-hybridized carbons (Fsp3) is 0. The first-order valence-corrected chi connectivity index (χ1v) is 14.8. The summed E-state index contributed by atoms with van der Waals surface area (Å²) < 4.78 is 6.17. The lowest BCUT2D eigenvalue weighted by Gasteiger charge is -2.19. The van der Waals surface area contributed by atoms with E-state index >= 15 is 0 Å². The molecule has 0 fully saturated rings. The fourth-order valence-corrected chi connectivity index (χ4v) is 6.94. The molecule has 9 rings (SSSR count). The summed E-state index contributed by atoms with van der Waals surface area (Å²) in [6.45, 7) is 0. The van der Waals surface area contributed by atoms with Gasteiger partial charge >= 0.3 is 0 Å². The second kappa shape index (κ2) is 9.44. The van der Waals surface area contributed by atoms with Crippen LogP contribution in [0, 0.1) is 0 Å². The standard InChI is InChI=1S/C42H26O/c1-2-12-27(13-3-1)41-33-17-6-8-19-35(33)42(36-20-9-7-18-34(36)41)30-24-28-14-4-5-15-31(28)37(26-30)29-22-23-40-38(25-29)32-16-10-11-21-39(32)43-40/h1-26H. The van der Waals surface area contributed by atoms with Crippen LogP contribution in [0.1, 0.15) is 0 Å². The highest BCUT2D eigenvalue weighted by atomic mass is 16.3. The van der Waals surface area contributed by atoms with Crippen LogP contribution in [0.4, 0.5) is 0 Å². The molecule has 0 aliphatic rings. The molecule has 0 saturated heterocycles. The molecule has 0 aliphatic carbocycles. The van der Waals surface area contributed by atoms with Crippen molar-refractivity contribution >= 4 is 54.3 Å². The Morgan fingerprint density at radius 2 is 0.837 bits per heavy atom. The van der Waals surface area contributed by atoms with Crippen molar-refractivity contribution in [2.45, 2.75) is 0 Å². The van der Waals surface area contributed by atoms with Crippen molar-refractivity contribution in [3.63, 3.8) is 0 Å². The van der Waals surface area contributed by atoms with Crippen molar-refractivity contribution in [2.24, 2.45) is 0 Å². The first-order chi connectivity index (χ1) is 21.3. The minimum Gasteiger partial charge on any atom is -0.456 e. The summed E-state index contributed by atoms with van der Waals surface area (Å²) >= 11 is 0. The molecule has 0 saturated carbocycles. The lowest BCUT2D eigenvalue weighted by Crippen LogP contribution is -1.92. The summed E-state index contributed by atoms with van der Waals surface area (Å²) in [4.78, 5) is 0. The summed E-state index contributed by atoms with van der Waals surface area (Å²) in [5.41, 5.74) is 9.26. The molecule has 8 aromatic carbocycles. The van der Waals surface area contributed by atoms with Gasteiger partial charge in [-0.25, -0.2) is 0 Å². The average Bonchev–Trinajstić information content (AvgIpc) is 3.45. The van der Waals surface area contributed by atoms with E-state index in [1.54, 1.807) is 0 Å². The van der Waals surface area contributed by atoms with Crippen molar-refractivity contribution in [2.75, 3.05) is 0 Å². The van der Waals surface area contributed by atoms with Crippen LogP contribution in [-0.4, -0.2) is 0 Å². The SMILES string of the molecule is c1ccc(-c2c3ccccc3c(-c3cc(-c4ccc5oc6ccccc6c5c4)c4ccccc4c3)c3ccccc23)cc1. The van der Waals surface area contributed by atoms with Crippen LogP contribution < -0.4 is 0 Å². The molecule has 0 spiro atoms. The van der Waals surface area contributed by atoms with Crippen LogP contribution in [0.25, 0.3) is 87.6 Å². The van der Waals surface area contributed by atoms with E-state index in [4.69, 9.17) is 4.42 Å². The van der Waals surface area contributed by atoms with Crippen LogP contribution in [0.3, 0.4) is 0 Å². The summed E-state index contributed by atoms with van der Waals surface area (Å²) in [6, 6.07) is 56.9. The van der Waals surface area contributed by atoms with Crippen LogP contribution in [0.2, 0.25) is 0 Å².